The van der Waals surface area contributed by atoms with E-state index in [9.17, 15) is 13.6 Å². The van der Waals surface area contributed by atoms with Gasteiger partial charge in [0, 0.05) is 5.02 Å². The molecule has 2 nitrogen and oxygen atoms in total. The Labute approximate surface area is 90.2 Å². The van der Waals surface area contributed by atoms with E-state index in [0.717, 1.165) is 12.1 Å². The van der Waals surface area contributed by atoms with Gasteiger partial charge >= 0.3 is 0 Å². The van der Waals surface area contributed by atoms with Crippen LogP contribution in [0, 0.1) is 24.0 Å². The quantitative estimate of drug-likeness (QED) is 0.610. The standard InChI is InChI=1S/C10H6ClF2NO/c1-2-3-14-10(15)7-4-6(11)5-8(12)9(7)13/h1,4-5H,3H2,(H,14,15). The second kappa shape index (κ2) is 4.76. The molecule has 0 unspecified atom stereocenters. The van der Waals surface area contributed by atoms with E-state index in [1.165, 1.54) is 0 Å². The normalized spacial score (nSPS) is 9.47. The summed E-state index contributed by atoms with van der Waals surface area (Å²) in [6.07, 6.45) is 4.89. The van der Waals surface area contributed by atoms with Crippen LogP contribution in [0.15, 0.2) is 12.1 Å². The number of hydrogen-bond donors (Lipinski definition) is 1. The van der Waals surface area contributed by atoms with Crippen LogP contribution < -0.4 is 5.32 Å². The number of rotatable bonds is 2. The third kappa shape index (κ3) is 2.67. The number of nitrogens with one attached hydrogen (secondary N) is 1. The lowest BCUT2D eigenvalue weighted by atomic mass is 10.2. The number of carbonyl (C=O) groups is 1. The number of amides is 1. The van der Waals surface area contributed by atoms with E-state index in [4.69, 9.17) is 18.0 Å². The van der Waals surface area contributed by atoms with Gasteiger partial charge in [0.25, 0.3) is 5.91 Å². The van der Waals surface area contributed by atoms with Crippen LogP contribution in [0.1, 0.15) is 10.4 Å². The highest BCUT2D eigenvalue weighted by Gasteiger charge is 2.16. The minimum Gasteiger partial charge on any atom is -0.341 e. The van der Waals surface area contributed by atoms with Gasteiger partial charge in [0.05, 0.1) is 12.1 Å². The smallest absolute Gasteiger partial charge is 0.255 e. The predicted molar refractivity (Wildman–Crippen MR) is 52.5 cm³/mol. The van der Waals surface area contributed by atoms with Crippen LogP contribution in [0.5, 0.6) is 0 Å². The SMILES string of the molecule is C#CCNC(=O)c1cc(Cl)cc(F)c1F. The molecule has 0 saturated heterocycles. The van der Waals surface area contributed by atoms with E-state index in [1.54, 1.807) is 0 Å². The van der Waals surface area contributed by atoms with E-state index >= 15 is 0 Å². The molecule has 0 aliphatic carbocycles. The second-order valence-electron chi connectivity index (χ2n) is 2.64. The maximum Gasteiger partial charge on any atom is 0.255 e. The van der Waals surface area contributed by atoms with Crippen molar-refractivity contribution in [2.75, 3.05) is 6.54 Å². The summed E-state index contributed by atoms with van der Waals surface area (Å²) < 4.78 is 26.0. The van der Waals surface area contributed by atoms with Crippen LogP contribution >= 0.6 is 11.6 Å². The van der Waals surface area contributed by atoms with E-state index < -0.39 is 23.1 Å². The van der Waals surface area contributed by atoms with Crippen LogP contribution in [0.25, 0.3) is 0 Å². The molecular weight excluding hydrogens is 224 g/mol. The van der Waals surface area contributed by atoms with Crippen molar-refractivity contribution in [1.29, 1.82) is 0 Å². The molecule has 0 saturated carbocycles. The molecule has 0 bridgehead atoms. The number of benzene rings is 1. The first kappa shape index (κ1) is 11.5. The van der Waals surface area contributed by atoms with Crippen molar-refractivity contribution in [1.82, 2.24) is 5.32 Å². The first-order valence-corrected chi connectivity index (χ1v) is 4.30. The highest BCUT2D eigenvalue weighted by Crippen LogP contribution is 2.18. The zero-order chi connectivity index (χ0) is 11.4. The molecule has 1 aromatic rings. The van der Waals surface area contributed by atoms with E-state index in [2.05, 4.69) is 11.2 Å². The van der Waals surface area contributed by atoms with Crippen LogP contribution in [0.2, 0.25) is 5.02 Å². The molecule has 1 amide bonds. The van der Waals surface area contributed by atoms with E-state index in [0.29, 0.717) is 0 Å². The predicted octanol–water partition coefficient (Wildman–Crippen LogP) is 1.98. The zero-order valence-corrected chi connectivity index (χ0v) is 8.24. The van der Waals surface area contributed by atoms with Crippen LogP contribution in [-0.4, -0.2) is 12.5 Å². The lowest BCUT2D eigenvalue weighted by Gasteiger charge is -2.04. The summed E-state index contributed by atoms with van der Waals surface area (Å²) in [6.45, 7) is -0.0631. The molecule has 0 fully saturated rings. The molecule has 0 heterocycles. The second-order valence-corrected chi connectivity index (χ2v) is 3.07. The van der Waals surface area contributed by atoms with Gasteiger partial charge < -0.3 is 5.32 Å². The fraction of sp³-hybridized carbons (Fsp3) is 0.100. The molecule has 1 aromatic carbocycles. The average molecular weight is 230 g/mol. The third-order valence-electron chi connectivity index (χ3n) is 1.59. The fourth-order valence-electron chi connectivity index (χ4n) is 0.948. The van der Waals surface area contributed by atoms with Gasteiger partial charge in [-0.3, -0.25) is 4.79 Å². The largest absolute Gasteiger partial charge is 0.341 e. The molecule has 5 heteroatoms. The highest BCUT2D eigenvalue weighted by molar-refractivity contribution is 6.31. The van der Waals surface area contributed by atoms with Crippen molar-refractivity contribution < 1.29 is 13.6 Å². The Morgan fingerprint density at radius 1 is 1.53 bits per heavy atom. The lowest BCUT2D eigenvalue weighted by molar-refractivity contribution is 0.0953. The van der Waals surface area contributed by atoms with Gasteiger partial charge in [-0.1, -0.05) is 17.5 Å². The Bertz CT molecular complexity index is 440. The van der Waals surface area contributed by atoms with Crippen molar-refractivity contribution in [2.24, 2.45) is 0 Å². The topological polar surface area (TPSA) is 29.1 Å². The third-order valence-corrected chi connectivity index (χ3v) is 1.81. The zero-order valence-electron chi connectivity index (χ0n) is 7.48. The van der Waals surface area contributed by atoms with Crippen molar-refractivity contribution in [3.05, 3.63) is 34.4 Å². The minimum atomic E-state index is -1.24. The molecule has 78 valence electrons. The van der Waals surface area contributed by atoms with Crippen molar-refractivity contribution in [3.63, 3.8) is 0 Å². The summed E-state index contributed by atoms with van der Waals surface area (Å²) in [5.74, 6) is -1.08. The van der Waals surface area contributed by atoms with Gasteiger partial charge in [0.2, 0.25) is 0 Å². The molecule has 15 heavy (non-hydrogen) atoms. The van der Waals surface area contributed by atoms with Gasteiger partial charge in [-0.15, -0.1) is 6.42 Å². The summed E-state index contributed by atoms with van der Waals surface area (Å²) in [5, 5.41) is 2.15. The van der Waals surface area contributed by atoms with E-state index in [-0.39, 0.29) is 11.6 Å². The summed E-state index contributed by atoms with van der Waals surface area (Å²) in [4.78, 5) is 11.3. The molecule has 0 aliphatic heterocycles. The summed E-state index contributed by atoms with van der Waals surface area (Å²) in [6, 6.07) is 1.82. The van der Waals surface area contributed by atoms with Gasteiger partial charge in [-0.25, -0.2) is 8.78 Å². The maximum absolute atomic E-state index is 13.1. The molecule has 0 atom stereocenters. The molecular formula is C10H6ClF2NO. The Balaban J connectivity index is 3.04. The van der Waals surface area contributed by atoms with Crippen molar-refractivity contribution in [3.8, 4) is 12.3 Å². The fourth-order valence-corrected chi connectivity index (χ4v) is 1.15. The average Bonchev–Trinajstić information content (AvgIpc) is 2.19. The number of hydrogen-bond acceptors (Lipinski definition) is 1. The van der Waals surface area contributed by atoms with Crippen LogP contribution in [0.4, 0.5) is 8.78 Å². The minimum absolute atomic E-state index is 0.0558. The maximum atomic E-state index is 13.1. The van der Waals surface area contributed by atoms with E-state index in [1.807, 2.05) is 0 Å². The Morgan fingerprint density at radius 3 is 2.80 bits per heavy atom. The highest BCUT2D eigenvalue weighted by atomic mass is 35.5. The van der Waals surface area contributed by atoms with Gasteiger partial charge in [-0.05, 0) is 12.1 Å². The van der Waals surface area contributed by atoms with Gasteiger partial charge in [-0.2, -0.15) is 0 Å². The van der Waals surface area contributed by atoms with Crippen LogP contribution in [-0.2, 0) is 0 Å². The number of carbonyl (C=O) groups excluding carboxylic acids is 1. The van der Waals surface area contributed by atoms with Gasteiger partial charge in [0.15, 0.2) is 11.6 Å². The van der Waals surface area contributed by atoms with Gasteiger partial charge in [0.1, 0.15) is 0 Å². The first-order chi connectivity index (χ1) is 7.06. The molecule has 1 rings (SSSR count). The lowest BCUT2D eigenvalue weighted by Crippen LogP contribution is -2.24. The summed E-state index contributed by atoms with van der Waals surface area (Å²) in [5.41, 5.74) is -0.463. The molecule has 0 aliphatic rings. The molecule has 0 aromatic heterocycles. The molecule has 1 N–H and O–H groups in total. The monoisotopic (exact) mass is 229 g/mol. The van der Waals surface area contributed by atoms with Crippen molar-refractivity contribution in [2.45, 2.75) is 0 Å². The van der Waals surface area contributed by atoms with Crippen molar-refractivity contribution >= 4 is 17.5 Å². The Hall–Kier alpha value is -1.60. The summed E-state index contributed by atoms with van der Waals surface area (Å²) >= 11 is 5.47. The number of terminal acetylenes is 1. The first-order valence-electron chi connectivity index (χ1n) is 3.92. The molecule has 0 radical (unpaired) electrons. The summed E-state index contributed by atoms with van der Waals surface area (Å²) in [7, 11) is 0. The Kier molecular flexibility index (Phi) is 3.64. The van der Waals surface area contributed by atoms with Crippen LogP contribution in [0.3, 0.4) is 0 Å². The Morgan fingerprint density at radius 2 is 2.20 bits per heavy atom. The molecule has 0 spiro atoms. The number of halogens is 3.